The Morgan fingerprint density at radius 1 is 0.545 bits per heavy atom. The first-order chi connectivity index (χ1) is 21.7. The number of halogens is 4. The summed E-state index contributed by atoms with van der Waals surface area (Å²) in [5.74, 6) is 18.4. The zero-order chi connectivity index (χ0) is 30.6. The number of benzene rings is 2. The van der Waals surface area contributed by atoms with E-state index in [9.17, 15) is 0 Å². The van der Waals surface area contributed by atoms with E-state index < -0.39 is 12.6 Å². The SMILES string of the molecule is C(#C[B@@-]12N3CCCN4CCC[N+](=C43)[B@-]1(C#Cc1ccccc1)N1CCCN3CCC[N+]2=C31)c1ccccc1.ClCCl.ClCCl. The summed E-state index contributed by atoms with van der Waals surface area (Å²) < 4.78 is 5.51. The number of hydrogen-bond acceptors (Lipinski definition) is 4. The van der Waals surface area contributed by atoms with E-state index in [1.165, 1.54) is 37.6 Å². The number of rotatable bonds is 0. The molecule has 8 rings (SSSR count). The monoisotopic (exact) mass is 668 g/mol. The van der Waals surface area contributed by atoms with Crippen LogP contribution in [0.5, 0.6) is 0 Å². The maximum Gasteiger partial charge on any atom is 0.329 e. The zero-order valence-corrected chi connectivity index (χ0v) is 28.0. The molecule has 2 aromatic carbocycles. The molecule has 2 saturated heterocycles. The Morgan fingerprint density at radius 2 is 0.909 bits per heavy atom. The molecule has 0 unspecified atom stereocenters. The molecule has 6 nitrogen and oxygen atoms in total. The molecule has 0 amide bonds. The van der Waals surface area contributed by atoms with E-state index in [-0.39, 0.29) is 10.7 Å². The average molecular weight is 670 g/mol. The van der Waals surface area contributed by atoms with Gasteiger partial charge in [0, 0.05) is 63.0 Å². The van der Waals surface area contributed by atoms with Crippen LogP contribution in [0.3, 0.4) is 0 Å². The highest BCUT2D eigenvalue weighted by molar-refractivity contribution is 7.42. The summed E-state index contributed by atoms with van der Waals surface area (Å²) in [4.78, 5) is 10.8. The van der Waals surface area contributed by atoms with Gasteiger partial charge in [-0.3, -0.25) is 21.4 Å². The molecule has 0 bridgehead atoms. The van der Waals surface area contributed by atoms with Crippen molar-refractivity contribution in [1.82, 2.24) is 19.4 Å². The summed E-state index contributed by atoms with van der Waals surface area (Å²) >= 11 is 19.1. The Kier molecular flexibility index (Phi) is 9.84. The number of nitrogens with zero attached hydrogens (tertiary/aromatic N) is 6. The summed E-state index contributed by atoms with van der Waals surface area (Å²) in [6.07, 6.45) is 1.74. The molecular formula is C32H38B2Cl4N6. The van der Waals surface area contributed by atoms with Gasteiger partial charge in [0.15, 0.2) is 0 Å². The van der Waals surface area contributed by atoms with Crippen molar-refractivity contribution in [2.45, 2.75) is 25.7 Å². The summed E-state index contributed by atoms with van der Waals surface area (Å²) in [6.45, 7) is 8.78. The van der Waals surface area contributed by atoms with E-state index >= 15 is 0 Å². The van der Waals surface area contributed by atoms with Crippen LogP contribution in [-0.2, 0) is 0 Å². The lowest BCUT2D eigenvalue weighted by atomic mass is 9.03. The Morgan fingerprint density at radius 3 is 1.30 bits per heavy atom. The second-order valence-electron chi connectivity index (χ2n) is 11.9. The van der Waals surface area contributed by atoms with Gasteiger partial charge < -0.3 is 18.6 Å². The summed E-state index contributed by atoms with van der Waals surface area (Å²) in [6, 6.07) is 21.2. The van der Waals surface area contributed by atoms with Gasteiger partial charge in [-0.1, -0.05) is 36.4 Å². The lowest BCUT2D eigenvalue weighted by Gasteiger charge is -2.48. The van der Waals surface area contributed by atoms with Crippen molar-refractivity contribution in [3.63, 3.8) is 0 Å². The number of alkyl halides is 4. The highest BCUT2D eigenvalue weighted by Crippen LogP contribution is 2.44. The molecule has 0 saturated carbocycles. The molecule has 12 heteroatoms. The summed E-state index contributed by atoms with van der Waals surface area (Å²) in [7, 11) is 0. The van der Waals surface area contributed by atoms with Crippen molar-refractivity contribution in [2.24, 2.45) is 0 Å². The molecular weight excluding hydrogens is 632 g/mol. The van der Waals surface area contributed by atoms with E-state index in [0.29, 0.717) is 0 Å². The quantitative estimate of drug-likeness (QED) is 0.233. The van der Waals surface area contributed by atoms with Crippen molar-refractivity contribution in [2.75, 3.05) is 63.0 Å². The third kappa shape index (κ3) is 5.13. The standard InChI is InChI=1S/C30H34B2N6.2CH2Cl2/c1-3-11-27(12-4-1)15-17-31-32(18-16-28-13-5-2-6-14-28,37-25-9-21-33-19-7-23-35(31)29(33)37)38-26-10-22-34-20-8-24-36(31)30(34)38;2*2-1-3/h1-6,11-14H,7-10,19-26H2;2*1H2/t31-,32+;;. The second kappa shape index (κ2) is 13.8. The van der Waals surface area contributed by atoms with Crippen LogP contribution >= 0.6 is 46.4 Å². The van der Waals surface area contributed by atoms with Gasteiger partial charge in [-0.05, 0) is 24.3 Å². The van der Waals surface area contributed by atoms with Crippen LogP contribution in [0.25, 0.3) is 0 Å². The Hall–Kier alpha value is -2.61. The Balaban J connectivity index is 0.000000532. The number of hydrogen-bond donors (Lipinski definition) is 0. The molecule has 0 aliphatic carbocycles. The van der Waals surface area contributed by atoms with Crippen molar-refractivity contribution >= 4 is 70.9 Å². The van der Waals surface area contributed by atoms with E-state index in [1.807, 2.05) is 0 Å². The molecule has 2 fully saturated rings. The predicted molar refractivity (Wildman–Crippen MR) is 187 cm³/mol. The van der Waals surface area contributed by atoms with Crippen molar-refractivity contribution in [3.05, 3.63) is 71.8 Å². The van der Waals surface area contributed by atoms with Crippen molar-refractivity contribution in [3.8, 4) is 23.5 Å². The van der Waals surface area contributed by atoms with Gasteiger partial charge in [-0.15, -0.1) is 58.2 Å². The van der Waals surface area contributed by atoms with Crippen molar-refractivity contribution in [1.29, 1.82) is 0 Å². The largest absolute Gasteiger partial charge is 0.433 e. The van der Waals surface area contributed by atoms with Gasteiger partial charge in [-0.25, -0.2) is 0 Å². The Bertz CT molecular complexity index is 1420. The van der Waals surface area contributed by atoms with Crippen LogP contribution in [0.1, 0.15) is 36.8 Å². The maximum absolute atomic E-state index is 4.76. The van der Waals surface area contributed by atoms with E-state index in [2.05, 4.69) is 113 Å². The van der Waals surface area contributed by atoms with Gasteiger partial charge in [0.1, 0.15) is 0 Å². The molecule has 2 aromatic rings. The first-order valence-electron chi connectivity index (χ1n) is 15.7. The highest BCUT2D eigenvalue weighted by atomic mass is 35.5. The fourth-order valence-electron chi connectivity index (χ4n) is 8.61. The minimum atomic E-state index is -1.49. The van der Waals surface area contributed by atoms with E-state index in [1.54, 1.807) is 0 Å². The van der Waals surface area contributed by atoms with Crippen molar-refractivity contribution < 1.29 is 8.97 Å². The summed E-state index contributed by atoms with van der Waals surface area (Å²) in [5.41, 5.74) is 2.19. The normalized spacial score (nSPS) is 25.6. The fourth-order valence-corrected chi connectivity index (χ4v) is 8.61. The Labute approximate surface area is 282 Å². The predicted octanol–water partition coefficient (Wildman–Crippen LogP) is 4.56. The molecule has 2 atom stereocenters. The van der Waals surface area contributed by atoms with E-state index in [0.717, 1.165) is 63.5 Å². The van der Waals surface area contributed by atoms with Gasteiger partial charge in [0.2, 0.25) is 0 Å². The molecule has 0 spiro atoms. The van der Waals surface area contributed by atoms with Gasteiger partial charge in [0.05, 0.1) is 36.9 Å². The molecule has 0 N–H and O–H groups in total. The number of guanidine groups is 2. The second-order valence-corrected chi connectivity index (χ2v) is 13.5. The highest BCUT2D eigenvalue weighted by Gasteiger charge is 2.74. The maximum atomic E-state index is 4.76. The molecule has 6 aliphatic heterocycles. The average Bonchev–Trinajstić information content (AvgIpc) is 3.46. The van der Waals surface area contributed by atoms with Crippen LogP contribution in [0.15, 0.2) is 60.7 Å². The molecule has 6 heterocycles. The first kappa shape index (κ1) is 31.4. The third-order valence-corrected chi connectivity index (χ3v) is 9.86. The topological polar surface area (TPSA) is 19.0 Å². The van der Waals surface area contributed by atoms with Crippen LogP contribution in [0.2, 0.25) is 0 Å². The molecule has 0 aromatic heterocycles. The fraction of sp³-hybridized carbons (Fsp3) is 0.438. The molecule has 6 aliphatic rings. The van der Waals surface area contributed by atoms with Gasteiger partial charge in [-0.2, -0.15) is 0 Å². The lowest BCUT2D eigenvalue weighted by Crippen LogP contribution is -2.78. The van der Waals surface area contributed by atoms with Crippen LogP contribution in [0, 0.1) is 23.5 Å². The number of fused-ring (bicyclic) bond motifs is 5. The molecule has 230 valence electrons. The van der Waals surface area contributed by atoms with Gasteiger partial charge >= 0.3 is 12.6 Å². The van der Waals surface area contributed by atoms with Crippen LogP contribution in [-0.4, -0.2) is 116 Å². The minimum absolute atomic E-state index is 0.194. The minimum Gasteiger partial charge on any atom is -0.433 e. The third-order valence-electron chi connectivity index (χ3n) is 9.86. The first-order valence-corrected chi connectivity index (χ1v) is 17.8. The smallest absolute Gasteiger partial charge is 0.329 e. The molecule has 0 radical (unpaired) electrons. The lowest BCUT2D eigenvalue weighted by molar-refractivity contribution is -0.417. The van der Waals surface area contributed by atoms with Crippen LogP contribution < -0.4 is 0 Å². The van der Waals surface area contributed by atoms with Crippen LogP contribution in [0.4, 0.5) is 0 Å². The summed E-state index contributed by atoms with van der Waals surface area (Å²) in [5, 5.41) is 0.389. The van der Waals surface area contributed by atoms with E-state index in [4.69, 9.17) is 46.4 Å². The molecule has 44 heavy (non-hydrogen) atoms. The zero-order valence-electron chi connectivity index (χ0n) is 25.0. The van der Waals surface area contributed by atoms with Gasteiger partial charge in [0.25, 0.3) is 11.9 Å².